The fourth-order valence-electron chi connectivity index (χ4n) is 12.8. The normalized spacial score (nSPS) is 13.8. The molecule has 0 radical (unpaired) electrons. The first kappa shape index (κ1) is 92.1. The van der Waals surface area contributed by atoms with E-state index in [0.29, 0.717) is 66.8 Å². The van der Waals surface area contributed by atoms with Crippen LogP contribution in [0.3, 0.4) is 0 Å². The van der Waals surface area contributed by atoms with E-state index in [1.54, 1.807) is 125 Å². The van der Waals surface area contributed by atoms with Crippen LogP contribution < -0.4 is 28.4 Å². The van der Waals surface area contributed by atoms with Crippen LogP contribution in [0, 0.1) is 0 Å². The van der Waals surface area contributed by atoms with Crippen LogP contribution in [0.1, 0.15) is 349 Å². The summed E-state index contributed by atoms with van der Waals surface area (Å²) in [6.07, 6.45) is -6.41. The quantitative estimate of drug-likeness (QED) is 0.0860. The van der Waals surface area contributed by atoms with E-state index in [4.69, 9.17) is 56.8 Å². The predicted molar refractivity (Wildman–Crippen MR) is 449 cm³/mol. The second-order valence-corrected chi connectivity index (χ2v) is 42.7. The Labute approximate surface area is 680 Å². The highest BCUT2D eigenvalue weighted by Crippen LogP contribution is 2.48. The Morgan fingerprint density at radius 1 is 0.175 bits per heavy atom. The van der Waals surface area contributed by atoms with Crippen LogP contribution in [0.15, 0.2) is 72.8 Å². The van der Waals surface area contributed by atoms with Crippen molar-refractivity contribution in [2.75, 3.05) is 0 Å². The molecule has 6 aromatic carbocycles. The molecule has 624 valence electrons. The van der Waals surface area contributed by atoms with Gasteiger partial charge in [0.15, 0.2) is 0 Å². The molecular formula is C96H132O18. The Hall–Kier alpha value is -9.06. The van der Waals surface area contributed by atoms with E-state index in [1.165, 1.54) is 0 Å². The maximum atomic E-state index is 14.9. The van der Waals surface area contributed by atoms with Gasteiger partial charge in [0.1, 0.15) is 68.1 Å². The van der Waals surface area contributed by atoms with Crippen molar-refractivity contribution in [2.24, 2.45) is 0 Å². The number of hydrogen-bond donors (Lipinski definition) is 0. The molecule has 6 aromatic rings. The first-order chi connectivity index (χ1) is 51.4. The molecule has 0 unspecified atom stereocenters. The van der Waals surface area contributed by atoms with Gasteiger partial charge < -0.3 is 56.8 Å². The van der Waals surface area contributed by atoms with Crippen LogP contribution >= 0.6 is 0 Å². The highest BCUT2D eigenvalue weighted by molar-refractivity contribution is 5.74. The van der Waals surface area contributed by atoms with Crippen molar-refractivity contribution in [3.63, 3.8) is 0 Å². The molecule has 0 amide bonds. The number of ether oxygens (including phenoxy) is 12. The van der Waals surface area contributed by atoms with Gasteiger partial charge in [-0.15, -0.1) is 0 Å². The average molecular weight is 1570 g/mol. The lowest BCUT2D eigenvalue weighted by Gasteiger charge is -2.29. The first-order valence-corrected chi connectivity index (χ1v) is 39.8. The molecular weight excluding hydrogens is 1440 g/mol. The summed E-state index contributed by atoms with van der Waals surface area (Å²) in [4.78, 5) is 89.3. The van der Waals surface area contributed by atoms with E-state index < -0.39 is 103 Å². The number of rotatable bonds is 6. The van der Waals surface area contributed by atoms with Gasteiger partial charge >= 0.3 is 36.9 Å². The number of carbonyl (C=O) groups is 6. The van der Waals surface area contributed by atoms with Gasteiger partial charge in [-0.1, -0.05) is 197 Å². The second kappa shape index (κ2) is 32.9. The van der Waals surface area contributed by atoms with Crippen molar-refractivity contribution in [3.05, 3.63) is 173 Å². The zero-order chi connectivity index (χ0) is 86.5. The van der Waals surface area contributed by atoms with E-state index in [1.807, 2.05) is 72.8 Å². The predicted octanol–water partition coefficient (Wildman–Crippen LogP) is 25.2. The molecule has 114 heavy (non-hydrogen) atoms. The third-order valence-electron chi connectivity index (χ3n) is 18.4. The lowest BCUT2D eigenvalue weighted by molar-refractivity contribution is 0.0187. The molecule has 0 saturated carbocycles. The van der Waals surface area contributed by atoms with Crippen LogP contribution in [-0.2, 0) is 99.4 Å². The zero-order valence-electron chi connectivity index (χ0n) is 75.5. The number of hydrogen-bond acceptors (Lipinski definition) is 18. The highest BCUT2D eigenvalue weighted by Gasteiger charge is 2.37. The molecule has 0 spiro atoms. The molecule has 0 aliphatic heterocycles. The lowest BCUT2D eigenvalue weighted by Crippen LogP contribution is -2.27. The van der Waals surface area contributed by atoms with Crippen molar-refractivity contribution < 1.29 is 85.6 Å². The Bertz CT molecular complexity index is 3710. The Morgan fingerprint density at radius 2 is 0.263 bits per heavy atom. The van der Waals surface area contributed by atoms with E-state index in [-0.39, 0.29) is 73.0 Å². The molecule has 18 heteroatoms. The Morgan fingerprint density at radius 3 is 0.333 bits per heavy atom. The number of fused-ring (bicyclic) bond motifs is 12. The molecule has 0 heterocycles. The average Bonchev–Trinajstić information content (AvgIpc) is 0.763. The third-order valence-corrected chi connectivity index (χ3v) is 18.4. The molecule has 0 N–H and O–H groups in total. The highest BCUT2D eigenvalue weighted by atomic mass is 16.8. The van der Waals surface area contributed by atoms with Gasteiger partial charge in [0.05, 0.1) is 0 Å². The molecule has 0 fully saturated rings. The van der Waals surface area contributed by atoms with Crippen LogP contribution in [0.4, 0.5) is 28.8 Å². The van der Waals surface area contributed by atoms with Gasteiger partial charge in [0.2, 0.25) is 0 Å². The van der Waals surface area contributed by atoms with Crippen LogP contribution in [0.25, 0.3) is 0 Å². The van der Waals surface area contributed by atoms with Crippen LogP contribution in [-0.4, -0.2) is 70.5 Å². The van der Waals surface area contributed by atoms with E-state index in [9.17, 15) is 28.8 Å². The van der Waals surface area contributed by atoms with E-state index in [0.717, 1.165) is 33.4 Å². The van der Waals surface area contributed by atoms with Crippen molar-refractivity contribution in [1.82, 2.24) is 0 Å². The SMILES string of the molecule is CC(C)(C)OC(=O)Oc1c2cc(C(C)(C)C)cc1Cc1cc(C(C)(C)C)cc(c1OC(=O)OC(C)(C)C)Cc1cc(C(C)(C)C)cc(c1OC(=O)OC(C)(C)C)Cc1cc(C(C)(C)C)cc(c1OC(=O)OC(C)(C)C)Cc1cc(C(C)(C)C)cc(c1OC(=O)OC(C)(C)C)Cc1cc(C(C)(C)C)cc(c1OC(=O)OC(C)(C)C)C2. The zero-order valence-corrected chi connectivity index (χ0v) is 75.5. The van der Waals surface area contributed by atoms with Crippen molar-refractivity contribution in [2.45, 2.75) is 354 Å². The van der Waals surface area contributed by atoms with Gasteiger partial charge in [-0.2, -0.15) is 0 Å². The Kier molecular flexibility index (Phi) is 26.6. The summed E-state index contributed by atoms with van der Waals surface area (Å²) in [5, 5.41) is 0. The van der Waals surface area contributed by atoms with Gasteiger partial charge in [0, 0.05) is 105 Å². The minimum Gasteiger partial charge on any atom is -0.428 e. The maximum absolute atomic E-state index is 14.9. The van der Waals surface area contributed by atoms with Crippen LogP contribution in [0.5, 0.6) is 34.5 Å². The summed E-state index contributed by atoms with van der Waals surface area (Å²) in [7, 11) is 0. The van der Waals surface area contributed by atoms with Gasteiger partial charge in [-0.25, -0.2) is 28.8 Å². The van der Waals surface area contributed by atoms with Crippen LogP contribution in [0.2, 0.25) is 0 Å². The fraction of sp³-hybridized carbons (Fsp3) is 0.562. The smallest absolute Gasteiger partial charge is 0.428 e. The topological polar surface area (TPSA) is 213 Å². The first-order valence-electron chi connectivity index (χ1n) is 39.8. The standard InChI is InChI=1S/C96H132O18/c1-85(2,3)67-43-55-37-57-45-68(86(4,5)6)47-59(74(57)104-80(98)110-92(22,23)24)39-61-49-70(88(10,11)12)51-63(76(61)106-82(100)112-94(28,29)30)41-65-53-72(90(16,17)18)54-66(78(65)108-84(102)114-96(34,35)36)42-64-52-71(89(13,14)15)50-62(77(64)107-83(101)113-95(31,32)33)40-60-48-69(87(7,8)9)46-58(75(60)105-81(99)111-93(25,26)27)38-56(44-67)73(55)103-79(97)109-91(19,20)21/h43-54H,37-42H2,1-36H3. The minimum absolute atomic E-state index is 0.0626. The molecule has 0 saturated heterocycles. The second-order valence-electron chi connectivity index (χ2n) is 42.7. The summed E-state index contributed by atoms with van der Waals surface area (Å²) in [6.45, 7) is 68.9. The monoisotopic (exact) mass is 1570 g/mol. The van der Waals surface area contributed by atoms with E-state index in [2.05, 4.69) is 125 Å². The summed E-state index contributed by atoms with van der Waals surface area (Å²) in [6, 6.07) is 23.9. The summed E-state index contributed by atoms with van der Waals surface area (Å²) >= 11 is 0. The molecule has 1 aliphatic carbocycles. The molecule has 0 atom stereocenters. The van der Waals surface area contributed by atoms with Gasteiger partial charge in [0.25, 0.3) is 0 Å². The van der Waals surface area contributed by atoms with Gasteiger partial charge in [-0.3, -0.25) is 0 Å². The van der Waals surface area contributed by atoms with Crippen molar-refractivity contribution >= 4 is 36.9 Å². The molecule has 7 rings (SSSR count). The third kappa shape index (κ3) is 26.5. The van der Waals surface area contributed by atoms with Crippen molar-refractivity contribution in [1.29, 1.82) is 0 Å². The minimum atomic E-state index is -1.03. The molecule has 12 bridgehead atoms. The number of benzene rings is 6. The fourth-order valence-corrected chi connectivity index (χ4v) is 12.8. The Balaban J connectivity index is 1.88. The largest absolute Gasteiger partial charge is 0.514 e. The van der Waals surface area contributed by atoms with Gasteiger partial charge in [-0.05, 0) is 190 Å². The molecule has 0 aromatic heterocycles. The maximum Gasteiger partial charge on any atom is 0.514 e. The number of carbonyl (C=O) groups excluding carboxylic acids is 6. The summed E-state index contributed by atoms with van der Waals surface area (Å²) in [5.41, 5.74) is 0.887. The van der Waals surface area contributed by atoms with E-state index >= 15 is 0 Å². The summed E-state index contributed by atoms with van der Waals surface area (Å²) in [5.74, 6) is 0.681. The van der Waals surface area contributed by atoms with Crippen molar-refractivity contribution in [3.8, 4) is 34.5 Å². The lowest BCUT2D eigenvalue weighted by atomic mass is 9.79. The summed E-state index contributed by atoms with van der Waals surface area (Å²) < 4.78 is 76.8. The molecule has 18 nitrogen and oxygen atoms in total. The molecule has 1 aliphatic rings.